The van der Waals surface area contributed by atoms with Gasteiger partial charge in [0.15, 0.2) is 0 Å². The first kappa shape index (κ1) is 8.03. The van der Waals surface area contributed by atoms with Crippen LogP contribution in [0.2, 0.25) is 0 Å². The number of hydrogen-bond acceptors (Lipinski definition) is 4. The van der Waals surface area contributed by atoms with Gasteiger partial charge < -0.3 is 21.3 Å². The highest BCUT2D eigenvalue weighted by molar-refractivity contribution is 6.22. The van der Waals surface area contributed by atoms with Gasteiger partial charge in [0.05, 0.1) is 0 Å². The van der Waals surface area contributed by atoms with Crippen LogP contribution in [0.5, 0.6) is 0 Å². The molecule has 0 aromatic rings. The Bertz CT molecular complexity index is 387. The summed E-state index contributed by atoms with van der Waals surface area (Å²) < 4.78 is 0. The Hall–Kier alpha value is -2.32. The topological polar surface area (TPSA) is 128 Å². The van der Waals surface area contributed by atoms with Crippen molar-refractivity contribution in [1.29, 1.82) is 0 Å². The molecule has 0 spiro atoms. The molecule has 78 valence electrons. The van der Waals surface area contributed by atoms with Crippen LogP contribution in [0.15, 0.2) is 0 Å². The van der Waals surface area contributed by atoms with Crippen LogP contribution >= 0.6 is 0 Å². The molecule has 0 unspecified atom stereocenters. The molecule has 0 atom stereocenters. The van der Waals surface area contributed by atoms with E-state index < -0.39 is 35.2 Å². The zero-order chi connectivity index (χ0) is 10.8. The van der Waals surface area contributed by atoms with Crippen LogP contribution in [-0.4, -0.2) is 35.2 Å². The van der Waals surface area contributed by atoms with Crippen LogP contribution in [0.1, 0.15) is 0 Å². The lowest BCUT2D eigenvalue weighted by Crippen LogP contribution is -2.68. The Morgan fingerprint density at radius 3 is 1.33 bits per heavy atom. The lowest BCUT2D eigenvalue weighted by molar-refractivity contribution is -0.127. The molecule has 3 aliphatic rings. The van der Waals surface area contributed by atoms with E-state index in [0.29, 0.717) is 0 Å². The predicted octanol–water partition coefficient (Wildman–Crippen LogP) is -3.34. The van der Waals surface area contributed by atoms with Gasteiger partial charge in [-0.05, 0) is 0 Å². The zero-order valence-corrected chi connectivity index (χ0v) is 7.13. The van der Waals surface area contributed by atoms with Crippen LogP contribution in [0.4, 0.5) is 9.59 Å². The monoisotopic (exact) mass is 211 g/mol. The molecule has 0 radical (unpaired) electrons. The SMILES string of the molecule is O=C1NC23NC(=O)NC2(N1)C(=O)NC3=O. The number of nitrogens with one attached hydrogen (secondary N) is 5. The normalized spacial score (nSPS) is 41.1. The average molecular weight is 211 g/mol. The molecule has 15 heavy (non-hydrogen) atoms. The van der Waals surface area contributed by atoms with Gasteiger partial charge in [0.1, 0.15) is 0 Å². The van der Waals surface area contributed by atoms with E-state index in [1.165, 1.54) is 0 Å². The van der Waals surface area contributed by atoms with Gasteiger partial charge in [-0.15, -0.1) is 0 Å². The van der Waals surface area contributed by atoms with Crippen molar-refractivity contribution in [2.24, 2.45) is 0 Å². The number of rotatable bonds is 0. The number of carbonyl (C=O) groups excluding carboxylic acids is 4. The van der Waals surface area contributed by atoms with Crippen molar-refractivity contribution in [3.05, 3.63) is 0 Å². The van der Waals surface area contributed by atoms with E-state index in [4.69, 9.17) is 0 Å². The van der Waals surface area contributed by atoms with E-state index in [9.17, 15) is 19.2 Å². The van der Waals surface area contributed by atoms with Gasteiger partial charge >= 0.3 is 12.1 Å². The molecule has 3 rings (SSSR count). The molecule has 9 nitrogen and oxygen atoms in total. The van der Waals surface area contributed by atoms with Crippen molar-refractivity contribution in [3.63, 3.8) is 0 Å². The molecule has 3 aliphatic heterocycles. The maximum Gasteiger partial charge on any atom is 0.319 e. The Kier molecular flexibility index (Phi) is 1.00. The Balaban J connectivity index is 2.24. The second-order valence-corrected chi connectivity index (χ2v) is 3.44. The molecular formula is C6H5N5O4. The highest BCUT2D eigenvalue weighted by atomic mass is 16.2. The maximum absolute atomic E-state index is 11.5. The van der Waals surface area contributed by atoms with Crippen LogP contribution in [0.3, 0.4) is 0 Å². The first-order valence-corrected chi connectivity index (χ1v) is 4.07. The molecule has 6 amide bonds. The van der Waals surface area contributed by atoms with E-state index >= 15 is 0 Å². The fourth-order valence-corrected chi connectivity index (χ4v) is 2.04. The van der Waals surface area contributed by atoms with Crippen molar-refractivity contribution in [2.75, 3.05) is 0 Å². The van der Waals surface area contributed by atoms with Gasteiger partial charge in [0, 0.05) is 0 Å². The zero-order valence-electron chi connectivity index (χ0n) is 7.13. The van der Waals surface area contributed by atoms with Crippen molar-refractivity contribution >= 4 is 23.9 Å². The quantitative estimate of drug-likeness (QED) is 0.268. The minimum absolute atomic E-state index is 0.703. The minimum Gasteiger partial charge on any atom is -0.303 e. The fourth-order valence-electron chi connectivity index (χ4n) is 2.04. The average Bonchev–Trinajstić information content (AvgIpc) is 2.58. The van der Waals surface area contributed by atoms with Crippen molar-refractivity contribution in [1.82, 2.24) is 26.6 Å². The molecule has 3 saturated heterocycles. The Morgan fingerprint density at radius 2 is 1.00 bits per heavy atom. The summed E-state index contributed by atoms with van der Waals surface area (Å²) in [4.78, 5) is 45.3. The van der Waals surface area contributed by atoms with Crippen molar-refractivity contribution in [2.45, 2.75) is 11.3 Å². The molecular weight excluding hydrogens is 206 g/mol. The van der Waals surface area contributed by atoms with E-state index in [1.807, 2.05) is 5.32 Å². The number of imide groups is 1. The highest BCUT2D eigenvalue weighted by Crippen LogP contribution is 2.31. The number of amides is 6. The molecule has 0 bridgehead atoms. The molecule has 3 heterocycles. The molecule has 3 fully saturated rings. The molecule has 9 heteroatoms. The van der Waals surface area contributed by atoms with Gasteiger partial charge in [-0.25, -0.2) is 9.59 Å². The van der Waals surface area contributed by atoms with Crippen LogP contribution in [-0.2, 0) is 9.59 Å². The molecule has 0 aliphatic carbocycles. The summed E-state index contributed by atoms with van der Waals surface area (Å²) >= 11 is 0. The Morgan fingerprint density at radius 1 is 0.667 bits per heavy atom. The third-order valence-electron chi connectivity index (χ3n) is 2.67. The first-order chi connectivity index (χ1) is 7.00. The van der Waals surface area contributed by atoms with Crippen LogP contribution in [0, 0.1) is 0 Å². The van der Waals surface area contributed by atoms with Crippen LogP contribution in [0.25, 0.3) is 0 Å². The third-order valence-corrected chi connectivity index (χ3v) is 2.67. The van der Waals surface area contributed by atoms with E-state index in [1.54, 1.807) is 0 Å². The largest absolute Gasteiger partial charge is 0.319 e. The minimum atomic E-state index is -1.75. The fraction of sp³-hybridized carbons (Fsp3) is 0.333. The summed E-state index contributed by atoms with van der Waals surface area (Å²) in [5.41, 5.74) is -3.50. The first-order valence-electron chi connectivity index (χ1n) is 4.07. The second-order valence-electron chi connectivity index (χ2n) is 3.44. The Labute approximate surface area is 81.9 Å². The van der Waals surface area contributed by atoms with Crippen molar-refractivity contribution in [3.8, 4) is 0 Å². The molecule has 0 aromatic carbocycles. The summed E-state index contributed by atoms with van der Waals surface area (Å²) in [5, 5.41) is 10.9. The second kappa shape index (κ2) is 1.87. The number of hydrogen-bond donors (Lipinski definition) is 5. The third kappa shape index (κ3) is 0.601. The molecule has 0 aromatic heterocycles. The van der Waals surface area contributed by atoms with Gasteiger partial charge in [-0.3, -0.25) is 14.9 Å². The van der Waals surface area contributed by atoms with Crippen LogP contribution < -0.4 is 26.6 Å². The van der Waals surface area contributed by atoms with Gasteiger partial charge in [-0.2, -0.15) is 0 Å². The van der Waals surface area contributed by atoms with E-state index in [0.717, 1.165) is 0 Å². The molecule has 5 N–H and O–H groups in total. The summed E-state index contributed by atoms with van der Waals surface area (Å²) in [7, 11) is 0. The van der Waals surface area contributed by atoms with Gasteiger partial charge in [0.25, 0.3) is 11.8 Å². The lowest BCUT2D eigenvalue weighted by atomic mass is 10.00. The van der Waals surface area contributed by atoms with E-state index in [-0.39, 0.29) is 0 Å². The summed E-state index contributed by atoms with van der Waals surface area (Å²) in [6, 6.07) is -1.41. The van der Waals surface area contributed by atoms with E-state index in [2.05, 4.69) is 21.3 Å². The summed E-state index contributed by atoms with van der Waals surface area (Å²) in [6.45, 7) is 0. The summed E-state index contributed by atoms with van der Waals surface area (Å²) in [6.07, 6.45) is 0. The summed E-state index contributed by atoms with van der Waals surface area (Å²) in [5.74, 6) is -1.55. The predicted molar refractivity (Wildman–Crippen MR) is 41.9 cm³/mol. The maximum atomic E-state index is 11.5. The number of urea groups is 2. The standard InChI is InChI=1S/C6H5N5O4/c12-1-5-6(2(13)7-1,10-3(14)8-5)11-4(15)9-5/h(H,7,12,13)(H2,8,10,14)(H2,9,11,15). The van der Waals surface area contributed by atoms with Gasteiger partial charge in [-0.1, -0.05) is 0 Å². The highest BCUT2D eigenvalue weighted by Gasteiger charge is 2.77. The van der Waals surface area contributed by atoms with Gasteiger partial charge in [0.2, 0.25) is 11.3 Å². The smallest absolute Gasteiger partial charge is 0.303 e. The number of carbonyl (C=O) groups is 4. The molecule has 0 saturated carbocycles. The van der Waals surface area contributed by atoms with Crippen molar-refractivity contribution < 1.29 is 19.2 Å². The lowest BCUT2D eigenvalue weighted by Gasteiger charge is -2.23.